The van der Waals surface area contributed by atoms with Gasteiger partial charge in [-0.1, -0.05) is 6.07 Å². The van der Waals surface area contributed by atoms with Crippen molar-refractivity contribution >= 4 is 15.7 Å². The summed E-state index contributed by atoms with van der Waals surface area (Å²) >= 11 is 0. The van der Waals surface area contributed by atoms with E-state index in [0.29, 0.717) is 12.3 Å². The minimum absolute atomic E-state index is 0.0950. The summed E-state index contributed by atoms with van der Waals surface area (Å²) in [6.45, 7) is 0.203. The summed E-state index contributed by atoms with van der Waals surface area (Å²) in [5, 5.41) is 5.30. The van der Waals surface area contributed by atoms with Gasteiger partial charge in [0.15, 0.2) is 9.84 Å². The molecule has 0 saturated carbocycles. The highest BCUT2D eigenvalue weighted by Gasteiger charge is 2.14. The Labute approximate surface area is 141 Å². The largest absolute Gasteiger partial charge is 0.497 e. The van der Waals surface area contributed by atoms with Gasteiger partial charge in [0.05, 0.1) is 30.8 Å². The third kappa shape index (κ3) is 5.32. The van der Waals surface area contributed by atoms with E-state index in [2.05, 4.69) is 15.6 Å². The number of benzene rings is 1. The van der Waals surface area contributed by atoms with Gasteiger partial charge in [-0.25, -0.2) is 8.42 Å². The van der Waals surface area contributed by atoms with Crippen LogP contribution in [0.15, 0.2) is 53.6 Å². The minimum atomic E-state index is -3.51. The average Bonchev–Trinajstić information content (AvgIpc) is 2.61. The highest BCUT2D eigenvalue weighted by Crippen LogP contribution is 2.15. The molecule has 2 aromatic rings. The Morgan fingerprint density at radius 2 is 1.92 bits per heavy atom. The summed E-state index contributed by atoms with van der Waals surface area (Å²) in [5.74, 6) is -0.0440. The lowest BCUT2D eigenvalue weighted by atomic mass is 10.3. The Hall–Kier alpha value is -2.45. The van der Waals surface area contributed by atoms with Crippen LogP contribution in [0.3, 0.4) is 0 Å². The predicted octanol–water partition coefficient (Wildman–Crippen LogP) is 0.727. The average molecular weight is 349 g/mol. The first-order chi connectivity index (χ1) is 11.5. The lowest BCUT2D eigenvalue weighted by Gasteiger charge is -2.08. The normalized spacial score (nSPS) is 11.0. The van der Waals surface area contributed by atoms with Gasteiger partial charge < -0.3 is 10.1 Å². The van der Waals surface area contributed by atoms with Crippen LogP contribution >= 0.6 is 0 Å². The molecule has 0 aliphatic rings. The number of amides is 1. The summed E-state index contributed by atoms with van der Waals surface area (Å²) in [6.07, 6.45) is 1.64. The number of aromatic nitrogens is 1. The number of hydrogen-bond acceptors (Lipinski definition) is 6. The lowest BCUT2D eigenvalue weighted by Crippen LogP contribution is -2.36. The molecule has 1 aromatic heterocycles. The second kappa shape index (κ2) is 8.42. The Balaban J connectivity index is 1.78. The van der Waals surface area contributed by atoms with Gasteiger partial charge in [0, 0.05) is 6.20 Å². The number of ether oxygens (including phenoxy) is 1. The number of nitrogens with one attached hydrogen (secondary N) is 2. The fourth-order valence-corrected chi connectivity index (χ4v) is 3.01. The number of pyridine rings is 1. The standard InChI is InChI=1S/C16H19N3O4S/c1-23-14-5-7-15(8-6-14)24(21,22)12-17-11-16(20)19-10-13-4-2-3-9-18-13/h2-9,17H,10-12H2,1H3,(H,19,20). The molecule has 7 nitrogen and oxygen atoms in total. The van der Waals surface area contributed by atoms with E-state index in [0.717, 1.165) is 5.69 Å². The molecule has 0 radical (unpaired) electrons. The molecule has 0 saturated heterocycles. The summed E-state index contributed by atoms with van der Waals surface area (Å²) < 4.78 is 29.3. The zero-order valence-electron chi connectivity index (χ0n) is 13.2. The first-order valence-corrected chi connectivity index (χ1v) is 8.90. The van der Waals surface area contributed by atoms with Gasteiger partial charge in [-0.15, -0.1) is 0 Å². The predicted molar refractivity (Wildman–Crippen MR) is 89.1 cm³/mol. The summed E-state index contributed by atoms with van der Waals surface area (Å²) in [6, 6.07) is 11.5. The maximum Gasteiger partial charge on any atom is 0.234 e. The summed E-state index contributed by atoms with van der Waals surface area (Å²) in [4.78, 5) is 16.0. The Kier molecular flexibility index (Phi) is 6.28. The molecule has 0 spiro atoms. The maximum atomic E-state index is 12.1. The smallest absolute Gasteiger partial charge is 0.234 e. The van der Waals surface area contributed by atoms with E-state index in [1.165, 1.54) is 19.2 Å². The fourth-order valence-electron chi connectivity index (χ4n) is 1.92. The van der Waals surface area contributed by atoms with Gasteiger partial charge >= 0.3 is 0 Å². The van der Waals surface area contributed by atoms with Crippen molar-refractivity contribution in [2.24, 2.45) is 0 Å². The lowest BCUT2D eigenvalue weighted by molar-refractivity contribution is -0.120. The van der Waals surface area contributed by atoms with Crippen molar-refractivity contribution in [3.63, 3.8) is 0 Å². The molecular formula is C16H19N3O4S. The fraction of sp³-hybridized carbons (Fsp3) is 0.250. The van der Waals surface area contributed by atoms with E-state index < -0.39 is 9.84 Å². The van der Waals surface area contributed by atoms with Crippen molar-refractivity contribution in [2.45, 2.75) is 11.4 Å². The van der Waals surface area contributed by atoms with Crippen LogP contribution in [0.4, 0.5) is 0 Å². The van der Waals surface area contributed by atoms with Crippen molar-refractivity contribution in [1.29, 1.82) is 0 Å². The zero-order chi connectivity index (χ0) is 17.4. The molecule has 0 bridgehead atoms. The van der Waals surface area contributed by atoms with Crippen molar-refractivity contribution in [1.82, 2.24) is 15.6 Å². The number of sulfone groups is 1. The van der Waals surface area contributed by atoms with Crippen LogP contribution in [0.1, 0.15) is 5.69 Å². The van der Waals surface area contributed by atoms with Gasteiger partial charge in [-0.05, 0) is 36.4 Å². The van der Waals surface area contributed by atoms with Crippen LogP contribution in [0.5, 0.6) is 5.75 Å². The number of carbonyl (C=O) groups excluding carboxylic acids is 1. The monoisotopic (exact) mass is 349 g/mol. The first kappa shape index (κ1) is 17.9. The Morgan fingerprint density at radius 3 is 2.54 bits per heavy atom. The zero-order valence-corrected chi connectivity index (χ0v) is 14.0. The highest BCUT2D eigenvalue weighted by atomic mass is 32.2. The third-order valence-corrected chi connectivity index (χ3v) is 4.76. The topological polar surface area (TPSA) is 97.4 Å². The Morgan fingerprint density at radius 1 is 1.17 bits per heavy atom. The molecule has 2 rings (SSSR count). The molecule has 24 heavy (non-hydrogen) atoms. The van der Waals surface area contributed by atoms with E-state index in [1.54, 1.807) is 30.5 Å². The minimum Gasteiger partial charge on any atom is -0.497 e. The molecule has 0 fully saturated rings. The molecular weight excluding hydrogens is 330 g/mol. The second-order valence-electron chi connectivity index (χ2n) is 4.96. The molecule has 0 aliphatic heterocycles. The van der Waals surface area contributed by atoms with Crippen LogP contribution in [0.25, 0.3) is 0 Å². The van der Waals surface area contributed by atoms with Crippen molar-refractivity contribution in [3.05, 3.63) is 54.4 Å². The van der Waals surface area contributed by atoms with Crippen LogP contribution in [-0.2, 0) is 21.2 Å². The van der Waals surface area contributed by atoms with Crippen molar-refractivity contribution in [2.75, 3.05) is 19.5 Å². The highest BCUT2D eigenvalue weighted by molar-refractivity contribution is 7.91. The van der Waals surface area contributed by atoms with Gasteiger partial charge in [-0.3, -0.25) is 15.1 Å². The van der Waals surface area contributed by atoms with Gasteiger partial charge in [0.2, 0.25) is 5.91 Å². The van der Waals surface area contributed by atoms with E-state index in [-0.39, 0.29) is 23.2 Å². The second-order valence-corrected chi connectivity index (χ2v) is 6.95. The van der Waals surface area contributed by atoms with Gasteiger partial charge in [0.25, 0.3) is 0 Å². The van der Waals surface area contributed by atoms with Crippen molar-refractivity contribution < 1.29 is 17.9 Å². The molecule has 0 atom stereocenters. The summed E-state index contributed by atoms with van der Waals surface area (Å²) in [7, 11) is -2.00. The first-order valence-electron chi connectivity index (χ1n) is 7.25. The van der Waals surface area contributed by atoms with E-state index in [4.69, 9.17) is 4.74 Å². The molecule has 128 valence electrons. The summed E-state index contributed by atoms with van der Waals surface area (Å²) in [5.41, 5.74) is 0.733. The quantitative estimate of drug-likeness (QED) is 0.729. The van der Waals surface area contributed by atoms with E-state index in [9.17, 15) is 13.2 Å². The van der Waals surface area contributed by atoms with Gasteiger partial charge in [0.1, 0.15) is 11.6 Å². The maximum absolute atomic E-state index is 12.1. The Bertz CT molecular complexity index is 762. The van der Waals surface area contributed by atoms with Gasteiger partial charge in [-0.2, -0.15) is 0 Å². The third-order valence-electron chi connectivity index (χ3n) is 3.19. The number of hydrogen-bond donors (Lipinski definition) is 2. The molecule has 1 amide bonds. The number of rotatable bonds is 8. The van der Waals surface area contributed by atoms with Crippen LogP contribution in [0, 0.1) is 0 Å². The van der Waals surface area contributed by atoms with Crippen LogP contribution < -0.4 is 15.4 Å². The molecule has 8 heteroatoms. The molecule has 0 aliphatic carbocycles. The van der Waals surface area contributed by atoms with E-state index in [1.807, 2.05) is 6.07 Å². The van der Waals surface area contributed by atoms with Crippen LogP contribution in [-0.4, -0.2) is 38.8 Å². The van der Waals surface area contributed by atoms with Crippen molar-refractivity contribution in [3.8, 4) is 5.75 Å². The molecule has 1 aromatic carbocycles. The molecule has 0 unspecified atom stereocenters. The number of methoxy groups -OCH3 is 1. The van der Waals surface area contributed by atoms with Crippen LogP contribution in [0.2, 0.25) is 0 Å². The molecule has 1 heterocycles. The number of carbonyl (C=O) groups is 1. The van der Waals surface area contributed by atoms with E-state index >= 15 is 0 Å². The SMILES string of the molecule is COc1ccc(S(=O)(=O)CNCC(=O)NCc2ccccn2)cc1. The number of nitrogens with zero attached hydrogens (tertiary/aromatic N) is 1. The molecule has 2 N–H and O–H groups in total.